The molecule has 1 heterocycles. The number of methoxy groups -OCH3 is 2. The minimum absolute atomic E-state index is 0.197. The number of esters is 1. The predicted octanol–water partition coefficient (Wildman–Crippen LogP) is 3.75. The number of ketones is 1. The third kappa shape index (κ3) is 3.28. The summed E-state index contributed by atoms with van der Waals surface area (Å²) in [6, 6.07) is 14.4. The molecule has 0 radical (unpaired) electrons. The van der Waals surface area contributed by atoms with Crippen LogP contribution in [0.1, 0.15) is 34.5 Å². The molecule has 1 aromatic heterocycles. The molecule has 3 aromatic rings. The van der Waals surface area contributed by atoms with Crippen LogP contribution in [0.3, 0.4) is 0 Å². The second-order valence-corrected chi connectivity index (χ2v) is 5.94. The summed E-state index contributed by atoms with van der Waals surface area (Å²) in [4.78, 5) is 29.0. The summed E-state index contributed by atoms with van der Waals surface area (Å²) in [7, 11) is 2.92. The van der Waals surface area contributed by atoms with Gasteiger partial charge in [0, 0.05) is 11.8 Å². The van der Waals surface area contributed by atoms with Crippen molar-refractivity contribution in [2.75, 3.05) is 14.2 Å². The molecule has 0 saturated carbocycles. The van der Waals surface area contributed by atoms with Crippen LogP contribution >= 0.6 is 0 Å². The van der Waals surface area contributed by atoms with Crippen molar-refractivity contribution >= 4 is 22.5 Å². The molecule has 0 fully saturated rings. The maximum atomic E-state index is 13.0. The van der Waals surface area contributed by atoms with Gasteiger partial charge in [-0.2, -0.15) is 0 Å². The van der Waals surface area contributed by atoms with Gasteiger partial charge in [0.15, 0.2) is 0 Å². The Bertz CT molecular complexity index is 966. The van der Waals surface area contributed by atoms with Crippen molar-refractivity contribution in [1.29, 1.82) is 0 Å². The van der Waals surface area contributed by atoms with E-state index in [4.69, 9.17) is 9.47 Å². The Morgan fingerprint density at radius 2 is 1.85 bits per heavy atom. The molecule has 0 aliphatic heterocycles. The van der Waals surface area contributed by atoms with Gasteiger partial charge in [-0.25, -0.2) is 0 Å². The Kier molecular flexibility index (Phi) is 4.98. The Morgan fingerprint density at radius 3 is 2.50 bits per heavy atom. The zero-order valence-electron chi connectivity index (χ0n) is 14.9. The molecule has 0 N–H and O–H groups in total. The van der Waals surface area contributed by atoms with Gasteiger partial charge >= 0.3 is 5.97 Å². The van der Waals surface area contributed by atoms with E-state index in [0.717, 1.165) is 16.3 Å². The maximum Gasteiger partial charge on any atom is 0.312 e. The van der Waals surface area contributed by atoms with Crippen LogP contribution in [0.4, 0.5) is 0 Å². The van der Waals surface area contributed by atoms with Crippen LogP contribution in [-0.2, 0) is 9.53 Å². The number of hydrogen-bond acceptors (Lipinski definition) is 5. The number of nitrogens with zero attached hydrogens (tertiary/aromatic N) is 1. The second kappa shape index (κ2) is 7.35. The van der Waals surface area contributed by atoms with E-state index in [1.54, 1.807) is 44.5 Å². The summed E-state index contributed by atoms with van der Waals surface area (Å²) in [6.07, 6.45) is 1.58. The van der Waals surface area contributed by atoms with Crippen molar-refractivity contribution in [1.82, 2.24) is 4.98 Å². The predicted molar refractivity (Wildman–Crippen MR) is 98.6 cm³/mol. The highest BCUT2D eigenvalue weighted by Crippen LogP contribution is 2.30. The van der Waals surface area contributed by atoms with Crippen LogP contribution in [0, 0.1) is 0 Å². The minimum atomic E-state index is -0.427. The first-order chi connectivity index (χ1) is 12.5. The summed E-state index contributed by atoms with van der Waals surface area (Å²) < 4.78 is 10.2. The van der Waals surface area contributed by atoms with Crippen LogP contribution in [-0.4, -0.2) is 31.0 Å². The van der Waals surface area contributed by atoms with Gasteiger partial charge in [-0.1, -0.05) is 18.2 Å². The zero-order valence-corrected chi connectivity index (χ0v) is 14.9. The van der Waals surface area contributed by atoms with Crippen molar-refractivity contribution < 1.29 is 19.1 Å². The molecule has 0 bridgehead atoms. The summed E-state index contributed by atoms with van der Waals surface area (Å²) in [5.41, 5.74) is 1.62. The number of carbonyl (C=O) groups is 2. The molecule has 1 atom stereocenters. The van der Waals surface area contributed by atoms with Crippen molar-refractivity contribution in [2.24, 2.45) is 0 Å². The summed E-state index contributed by atoms with van der Waals surface area (Å²) in [5.74, 6) is -0.359. The number of aromatic nitrogens is 1. The number of pyridine rings is 1. The van der Waals surface area contributed by atoms with Crippen LogP contribution < -0.4 is 4.74 Å². The topological polar surface area (TPSA) is 65.5 Å². The number of ether oxygens (including phenoxy) is 2. The molecule has 0 spiro atoms. The molecule has 2 aromatic carbocycles. The number of carbonyl (C=O) groups excluding carboxylic acids is 2. The van der Waals surface area contributed by atoms with Crippen LogP contribution in [0.25, 0.3) is 10.8 Å². The van der Waals surface area contributed by atoms with Gasteiger partial charge in [0.1, 0.15) is 11.4 Å². The van der Waals surface area contributed by atoms with Gasteiger partial charge in [0.05, 0.1) is 20.1 Å². The number of hydrogen-bond donors (Lipinski definition) is 0. The lowest BCUT2D eigenvalue weighted by molar-refractivity contribution is -0.141. The lowest BCUT2D eigenvalue weighted by Gasteiger charge is -2.13. The van der Waals surface area contributed by atoms with Gasteiger partial charge in [-0.3, -0.25) is 14.6 Å². The van der Waals surface area contributed by atoms with E-state index in [1.807, 2.05) is 24.3 Å². The standard InChI is InChI=1S/C21H19NO4/c1-13(21(24)26-3)14-7-8-15-10-16(25-2)12-18(17(15)11-14)20(23)19-6-4-5-9-22-19/h4-13H,1-3H3/t13-/m1/s1. The lowest BCUT2D eigenvalue weighted by Crippen LogP contribution is -2.11. The molecular formula is C21H19NO4. The van der Waals surface area contributed by atoms with Crippen molar-refractivity contribution in [3.63, 3.8) is 0 Å². The van der Waals surface area contributed by atoms with Gasteiger partial charge in [-0.05, 0) is 53.6 Å². The van der Waals surface area contributed by atoms with E-state index in [9.17, 15) is 9.59 Å². The number of rotatable bonds is 5. The highest BCUT2D eigenvalue weighted by Gasteiger charge is 2.19. The van der Waals surface area contributed by atoms with E-state index < -0.39 is 5.92 Å². The number of benzene rings is 2. The Morgan fingerprint density at radius 1 is 1.04 bits per heavy atom. The molecule has 0 aliphatic carbocycles. The van der Waals surface area contributed by atoms with Gasteiger partial charge < -0.3 is 9.47 Å². The fraction of sp³-hybridized carbons (Fsp3) is 0.190. The molecule has 0 saturated heterocycles. The fourth-order valence-electron chi connectivity index (χ4n) is 2.87. The lowest BCUT2D eigenvalue weighted by atomic mass is 9.93. The first kappa shape index (κ1) is 17.6. The maximum absolute atomic E-state index is 13.0. The molecule has 26 heavy (non-hydrogen) atoms. The third-order valence-corrected chi connectivity index (χ3v) is 4.38. The van der Waals surface area contributed by atoms with Crippen LogP contribution in [0.15, 0.2) is 54.7 Å². The minimum Gasteiger partial charge on any atom is -0.497 e. The summed E-state index contributed by atoms with van der Waals surface area (Å²) >= 11 is 0. The largest absolute Gasteiger partial charge is 0.497 e. The van der Waals surface area contributed by atoms with Gasteiger partial charge in [-0.15, -0.1) is 0 Å². The highest BCUT2D eigenvalue weighted by molar-refractivity contribution is 6.16. The zero-order chi connectivity index (χ0) is 18.7. The van der Waals surface area contributed by atoms with Crippen LogP contribution in [0.5, 0.6) is 5.75 Å². The van der Waals surface area contributed by atoms with E-state index in [-0.39, 0.29) is 11.8 Å². The molecule has 3 rings (SSSR count). The molecule has 5 heteroatoms. The van der Waals surface area contributed by atoms with Gasteiger partial charge in [0.2, 0.25) is 5.78 Å². The molecule has 5 nitrogen and oxygen atoms in total. The highest BCUT2D eigenvalue weighted by atomic mass is 16.5. The summed E-state index contributed by atoms with van der Waals surface area (Å²) in [5, 5.41) is 1.60. The second-order valence-electron chi connectivity index (χ2n) is 5.94. The Hall–Kier alpha value is -3.21. The monoisotopic (exact) mass is 349 g/mol. The molecule has 0 unspecified atom stereocenters. The molecule has 0 amide bonds. The quantitative estimate of drug-likeness (QED) is 0.518. The summed E-state index contributed by atoms with van der Waals surface area (Å²) in [6.45, 7) is 1.77. The van der Waals surface area contributed by atoms with E-state index in [2.05, 4.69) is 4.98 Å². The average molecular weight is 349 g/mol. The van der Waals surface area contributed by atoms with Crippen molar-refractivity contribution in [2.45, 2.75) is 12.8 Å². The van der Waals surface area contributed by atoms with Gasteiger partial charge in [0.25, 0.3) is 0 Å². The SMILES string of the molecule is COC(=O)[C@H](C)c1ccc2cc(OC)cc(C(=O)c3ccccn3)c2c1. The normalized spacial score (nSPS) is 11.8. The van der Waals surface area contributed by atoms with Crippen LogP contribution in [0.2, 0.25) is 0 Å². The smallest absolute Gasteiger partial charge is 0.312 e. The Labute approximate surface area is 151 Å². The van der Waals surface area contributed by atoms with E-state index >= 15 is 0 Å². The molecular weight excluding hydrogens is 330 g/mol. The first-order valence-electron chi connectivity index (χ1n) is 8.20. The molecule has 0 aliphatic rings. The fourth-order valence-corrected chi connectivity index (χ4v) is 2.87. The number of fused-ring (bicyclic) bond motifs is 1. The van der Waals surface area contributed by atoms with Crippen molar-refractivity contribution in [3.8, 4) is 5.75 Å². The average Bonchev–Trinajstić information content (AvgIpc) is 2.71. The molecule has 132 valence electrons. The van der Waals surface area contributed by atoms with Crippen molar-refractivity contribution in [3.05, 3.63) is 71.5 Å². The first-order valence-corrected chi connectivity index (χ1v) is 8.20. The van der Waals surface area contributed by atoms with E-state index in [1.165, 1.54) is 7.11 Å². The van der Waals surface area contributed by atoms with E-state index in [0.29, 0.717) is 17.0 Å². The Balaban J connectivity index is 2.19. The third-order valence-electron chi connectivity index (χ3n) is 4.38.